The second kappa shape index (κ2) is 9.16. The van der Waals surface area contributed by atoms with Crippen LogP contribution < -0.4 is 0 Å². The van der Waals surface area contributed by atoms with Crippen molar-refractivity contribution < 1.29 is 93.6 Å². The zero-order valence-corrected chi connectivity index (χ0v) is 16.0. The summed E-state index contributed by atoms with van der Waals surface area (Å²) in [7, 11) is 0. The topological polar surface area (TPSA) is 40.5 Å². The Morgan fingerprint density at radius 2 is 0.657 bits per heavy atom. The molecule has 0 aliphatic heterocycles. The summed E-state index contributed by atoms with van der Waals surface area (Å²) in [5.74, 6) is -68.6. The molecule has 0 aliphatic rings. The summed E-state index contributed by atoms with van der Waals surface area (Å²) in [5.41, 5.74) is 0. The number of rotatable bonds is 12. The zero-order valence-electron chi connectivity index (χ0n) is 16.0. The van der Waals surface area contributed by atoms with E-state index in [4.69, 9.17) is 10.2 Å². The number of hydrogen-bond donors (Lipinski definition) is 2. The summed E-state index contributed by atoms with van der Waals surface area (Å²) in [4.78, 5) is 0. The van der Waals surface area contributed by atoms with Crippen LogP contribution in [-0.4, -0.2) is 77.0 Å². The van der Waals surface area contributed by atoms with E-state index < -0.39 is 85.5 Å². The Morgan fingerprint density at radius 3 is 0.914 bits per heavy atom. The van der Waals surface area contributed by atoms with Gasteiger partial charge in [-0.1, -0.05) is 0 Å². The van der Waals surface area contributed by atoms with E-state index in [1.54, 1.807) is 0 Å². The van der Waals surface area contributed by atoms with Crippen LogP contribution in [0.5, 0.6) is 0 Å². The predicted octanol–water partition coefficient (Wildman–Crippen LogP) is 6.01. The van der Waals surface area contributed by atoms with Crippen LogP contribution in [-0.2, 0) is 0 Å². The lowest BCUT2D eigenvalue weighted by Crippen LogP contribution is -2.75. The predicted molar refractivity (Wildman–Crippen MR) is 72.5 cm³/mol. The van der Waals surface area contributed by atoms with Crippen molar-refractivity contribution in [3.05, 3.63) is 0 Å². The van der Waals surface area contributed by atoms with Crippen molar-refractivity contribution >= 4 is 0 Å². The highest BCUT2D eigenvalue weighted by molar-refractivity contribution is 5.16. The monoisotopic (exact) mass is 572 g/mol. The van der Waals surface area contributed by atoms with Gasteiger partial charge in [0.05, 0.1) is 0 Å². The molecule has 2 N–H and O–H groups in total. The number of hydrogen-bond acceptors (Lipinski definition) is 2. The van der Waals surface area contributed by atoms with Crippen molar-refractivity contribution in [3.8, 4) is 0 Å². The van der Waals surface area contributed by atoms with E-state index in [1.807, 2.05) is 0 Å². The number of aliphatic hydroxyl groups excluding tert-OH is 2. The van der Waals surface area contributed by atoms with Crippen LogP contribution in [0.4, 0.5) is 83.4 Å². The molecule has 0 spiro atoms. The molecule has 0 atom stereocenters. The molecule has 0 aromatic rings. The van der Waals surface area contributed by atoms with Gasteiger partial charge in [-0.3, -0.25) is 0 Å². The van der Waals surface area contributed by atoms with Gasteiger partial charge in [-0.05, 0) is 6.42 Å². The fourth-order valence-corrected chi connectivity index (χ4v) is 2.18. The first-order chi connectivity index (χ1) is 15.0. The SMILES string of the molecule is OCC(CO)CCC(F)(F)C(F)(F)C(F)(F)C(F)(F)C(F)(F)C(F)(F)C(F)(F)C(F)(F)C(F)(F)F. The molecule has 0 rings (SSSR count). The normalized spacial score (nSPS) is 16.3. The molecule has 0 saturated heterocycles. The summed E-state index contributed by atoms with van der Waals surface area (Å²) in [6.07, 6.45) is -12.3. The van der Waals surface area contributed by atoms with Gasteiger partial charge < -0.3 is 10.2 Å². The molecule has 212 valence electrons. The molecule has 35 heavy (non-hydrogen) atoms. The minimum absolute atomic E-state index is 1.32. The molecule has 0 radical (unpaired) electrons. The molecule has 0 amide bonds. The molecule has 0 saturated carbocycles. The van der Waals surface area contributed by atoms with Gasteiger partial charge in [0.25, 0.3) is 0 Å². The maximum atomic E-state index is 13.6. The first-order valence-corrected chi connectivity index (χ1v) is 8.30. The lowest BCUT2D eigenvalue weighted by Gasteiger charge is -2.43. The van der Waals surface area contributed by atoms with E-state index in [1.165, 1.54) is 0 Å². The summed E-state index contributed by atoms with van der Waals surface area (Å²) in [6.45, 7) is -2.64. The summed E-state index contributed by atoms with van der Waals surface area (Å²) >= 11 is 0. The first kappa shape index (κ1) is 33.6. The van der Waals surface area contributed by atoms with Crippen LogP contribution in [0.3, 0.4) is 0 Å². The fourth-order valence-electron chi connectivity index (χ4n) is 2.18. The van der Waals surface area contributed by atoms with Gasteiger partial charge in [-0.15, -0.1) is 0 Å². The average Bonchev–Trinajstić information content (AvgIpc) is 2.66. The minimum Gasteiger partial charge on any atom is -0.396 e. The Kier molecular flexibility index (Phi) is 8.79. The maximum Gasteiger partial charge on any atom is 0.460 e. The van der Waals surface area contributed by atoms with Crippen LogP contribution in [0, 0.1) is 5.92 Å². The Bertz CT molecular complexity index is 722. The third kappa shape index (κ3) is 4.70. The molecular formula is C14H11F19O2. The first-order valence-electron chi connectivity index (χ1n) is 8.30. The van der Waals surface area contributed by atoms with Crippen LogP contribution >= 0.6 is 0 Å². The molecule has 0 aromatic heterocycles. The summed E-state index contributed by atoms with van der Waals surface area (Å²) in [5, 5.41) is 17.1. The third-order valence-electron chi connectivity index (χ3n) is 4.56. The molecule has 0 unspecified atom stereocenters. The number of aliphatic hydroxyl groups is 2. The lowest BCUT2D eigenvalue weighted by atomic mass is 9.86. The van der Waals surface area contributed by atoms with Crippen molar-refractivity contribution in [3.63, 3.8) is 0 Å². The van der Waals surface area contributed by atoms with Gasteiger partial charge in [-0.25, -0.2) is 0 Å². The van der Waals surface area contributed by atoms with E-state index in [9.17, 15) is 83.4 Å². The third-order valence-corrected chi connectivity index (χ3v) is 4.56. The fraction of sp³-hybridized carbons (Fsp3) is 1.00. The number of halogens is 19. The highest BCUT2D eigenvalue weighted by Gasteiger charge is 2.96. The molecule has 0 aliphatic carbocycles. The average molecular weight is 572 g/mol. The van der Waals surface area contributed by atoms with Crippen molar-refractivity contribution in [2.24, 2.45) is 5.92 Å². The van der Waals surface area contributed by atoms with Gasteiger partial charge in [-0.2, -0.15) is 83.4 Å². The van der Waals surface area contributed by atoms with Gasteiger partial charge >= 0.3 is 53.6 Å². The second-order valence-corrected chi connectivity index (χ2v) is 6.99. The Morgan fingerprint density at radius 1 is 0.400 bits per heavy atom. The van der Waals surface area contributed by atoms with E-state index in [-0.39, 0.29) is 0 Å². The maximum absolute atomic E-state index is 13.6. The highest BCUT2D eigenvalue weighted by atomic mass is 19.4. The summed E-state index contributed by atoms with van der Waals surface area (Å²) in [6, 6.07) is 0. The Balaban J connectivity index is 6.69. The van der Waals surface area contributed by atoms with Gasteiger partial charge in [0, 0.05) is 25.6 Å². The van der Waals surface area contributed by atoms with E-state index in [0.29, 0.717) is 0 Å². The van der Waals surface area contributed by atoms with Crippen molar-refractivity contribution in [2.45, 2.75) is 66.4 Å². The molecule has 0 fully saturated rings. The van der Waals surface area contributed by atoms with E-state index in [0.717, 1.165) is 0 Å². The van der Waals surface area contributed by atoms with Crippen LogP contribution in [0.25, 0.3) is 0 Å². The molecule has 0 aromatic carbocycles. The largest absolute Gasteiger partial charge is 0.460 e. The number of alkyl halides is 19. The molecular weight excluding hydrogens is 561 g/mol. The van der Waals surface area contributed by atoms with Crippen molar-refractivity contribution in [1.29, 1.82) is 0 Å². The van der Waals surface area contributed by atoms with E-state index in [2.05, 4.69) is 0 Å². The lowest BCUT2D eigenvalue weighted by molar-refractivity contribution is -0.468. The molecule has 21 heteroatoms. The molecule has 0 bridgehead atoms. The standard InChI is InChI=1S/C14H11F19O2/c15-6(16,2-1-5(3-34)4-35)7(17,18)8(19,20)9(21,22)10(23,24)11(25,26)12(27,28)13(29,30)14(31,32)33/h5,34-35H,1-4H2. The van der Waals surface area contributed by atoms with Crippen LogP contribution in [0.2, 0.25) is 0 Å². The quantitative estimate of drug-likeness (QED) is 0.282. The summed E-state index contributed by atoms with van der Waals surface area (Å²) < 4.78 is 249. The molecule has 2 nitrogen and oxygen atoms in total. The van der Waals surface area contributed by atoms with Crippen molar-refractivity contribution in [2.75, 3.05) is 13.2 Å². The zero-order chi connectivity index (χ0) is 28.9. The minimum atomic E-state index is -8.94. The van der Waals surface area contributed by atoms with E-state index >= 15 is 0 Å². The Hall–Kier alpha value is -1.41. The van der Waals surface area contributed by atoms with Crippen LogP contribution in [0.15, 0.2) is 0 Å². The second-order valence-electron chi connectivity index (χ2n) is 6.99. The van der Waals surface area contributed by atoms with Crippen molar-refractivity contribution in [1.82, 2.24) is 0 Å². The molecule has 0 heterocycles. The Labute approximate surface area is 180 Å². The van der Waals surface area contributed by atoms with Gasteiger partial charge in [0.1, 0.15) is 0 Å². The highest BCUT2D eigenvalue weighted by Crippen LogP contribution is 2.65. The smallest absolute Gasteiger partial charge is 0.396 e. The van der Waals surface area contributed by atoms with Gasteiger partial charge in [0.15, 0.2) is 0 Å². The van der Waals surface area contributed by atoms with Gasteiger partial charge in [0.2, 0.25) is 0 Å². The van der Waals surface area contributed by atoms with Crippen LogP contribution in [0.1, 0.15) is 12.8 Å².